The second-order valence-corrected chi connectivity index (χ2v) is 5.96. The minimum Gasteiger partial charge on any atom is -0.339 e. The van der Waals surface area contributed by atoms with Crippen molar-refractivity contribution in [2.24, 2.45) is 17.8 Å². The van der Waals surface area contributed by atoms with Gasteiger partial charge in [-0.05, 0) is 43.1 Å². The summed E-state index contributed by atoms with van der Waals surface area (Å²) in [7, 11) is 0. The topological polar surface area (TPSA) is 46.1 Å². The Morgan fingerprint density at radius 3 is 3.05 bits per heavy atom. The molecule has 2 aliphatic rings. The van der Waals surface area contributed by atoms with Gasteiger partial charge in [0, 0.05) is 31.7 Å². The first-order chi connectivity index (χ1) is 9.78. The third-order valence-corrected chi connectivity index (χ3v) is 4.82. The van der Waals surface area contributed by atoms with E-state index in [9.17, 15) is 4.79 Å². The highest BCUT2D eigenvalue weighted by molar-refractivity contribution is 5.87. The Bertz CT molecular complexity index is 488. The summed E-state index contributed by atoms with van der Waals surface area (Å²) in [6.45, 7) is 5.40. The molecule has 20 heavy (non-hydrogen) atoms. The Hall–Kier alpha value is -1.71. The average molecular weight is 271 g/mol. The van der Waals surface area contributed by atoms with Crippen LogP contribution >= 0.6 is 0 Å². The summed E-state index contributed by atoms with van der Waals surface area (Å²) in [5.41, 5.74) is 1.08. The highest BCUT2D eigenvalue weighted by Gasteiger charge is 2.41. The van der Waals surface area contributed by atoms with Crippen LogP contribution in [0.25, 0.3) is 0 Å². The molecule has 1 aromatic heterocycles. The molecule has 1 amide bonds. The van der Waals surface area contributed by atoms with Gasteiger partial charge in [-0.25, -0.2) is 0 Å². The zero-order valence-electron chi connectivity index (χ0n) is 11.7. The maximum atomic E-state index is 11.8. The van der Waals surface area contributed by atoms with Crippen LogP contribution in [0.2, 0.25) is 0 Å². The number of hydrogen-bond donors (Lipinski definition) is 0. The number of hydrogen-bond acceptors (Lipinski definition) is 3. The van der Waals surface area contributed by atoms with Crippen molar-refractivity contribution in [1.82, 2.24) is 14.9 Å². The second-order valence-electron chi connectivity index (χ2n) is 5.96. The van der Waals surface area contributed by atoms with E-state index in [0.29, 0.717) is 17.8 Å². The lowest BCUT2D eigenvalue weighted by molar-refractivity contribution is -0.125. The van der Waals surface area contributed by atoms with E-state index in [-0.39, 0.29) is 5.91 Å². The molecule has 1 aliphatic heterocycles. The molecule has 0 aromatic carbocycles. The number of carbonyl (C=O) groups is 1. The third kappa shape index (κ3) is 2.60. The maximum Gasteiger partial charge on any atom is 0.245 e. The second kappa shape index (κ2) is 5.73. The van der Waals surface area contributed by atoms with Gasteiger partial charge in [0.15, 0.2) is 0 Å². The molecule has 2 fully saturated rings. The van der Waals surface area contributed by atoms with Gasteiger partial charge in [0.1, 0.15) is 0 Å². The van der Waals surface area contributed by atoms with Crippen molar-refractivity contribution < 1.29 is 4.79 Å². The van der Waals surface area contributed by atoms with E-state index in [1.165, 1.54) is 25.3 Å². The van der Waals surface area contributed by atoms with Crippen LogP contribution in [0.1, 0.15) is 25.0 Å². The molecule has 0 N–H and O–H groups in total. The molecule has 0 spiro atoms. The predicted octanol–water partition coefficient (Wildman–Crippen LogP) is 2.08. The lowest BCUT2D eigenvalue weighted by Crippen LogP contribution is -2.30. The van der Waals surface area contributed by atoms with Crippen LogP contribution in [0.3, 0.4) is 0 Å². The SMILES string of the molecule is C=CC(=O)N1C[C@H]2CCC[C@H](Cc3cnccn3)[C@H]2C1. The predicted molar refractivity (Wildman–Crippen MR) is 76.8 cm³/mol. The molecule has 4 nitrogen and oxygen atoms in total. The Labute approximate surface area is 119 Å². The zero-order valence-corrected chi connectivity index (χ0v) is 11.7. The molecule has 1 aromatic rings. The van der Waals surface area contributed by atoms with E-state index >= 15 is 0 Å². The van der Waals surface area contributed by atoms with E-state index in [2.05, 4.69) is 16.5 Å². The molecule has 0 unspecified atom stereocenters. The van der Waals surface area contributed by atoms with Gasteiger partial charge in [-0.2, -0.15) is 0 Å². The zero-order chi connectivity index (χ0) is 13.9. The Balaban J connectivity index is 1.70. The number of rotatable bonds is 3. The highest BCUT2D eigenvalue weighted by Crippen LogP contribution is 2.41. The Morgan fingerprint density at radius 1 is 1.40 bits per heavy atom. The molecule has 1 saturated heterocycles. The van der Waals surface area contributed by atoms with Crippen LogP contribution < -0.4 is 0 Å². The number of likely N-dealkylation sites (tertiary alicyclic amines) is 1. The largest absolute Gasteiger partial charge is 0.339 e. The maximum absolute atomic E-state index is 11.8. The minimum absolute atomic E-state index is 0.0812. The number of aromatic nitrogens is 2. The van der Waals surface area contributed by atoms with E-state index < -0.39 is 0 Å². The summed E-state index contributed by atoms with van der Waals surface area (Å²) in [6.07, 6.45) is 11.5. The van der Waals surface area contributed by atoms with Gasteiger partial charge in [0.05, 0.1) is 5.69 Å². The molecule has 0 radical (unpaired) electrons. The van der Waals surface area contributed by atoms with E-state index in [1.807, 2.05) is 11.1 Å². The fourth-order valence-corrected chi connectivity index (χ4v) is 3.86. The molecule has 3 atom stereocenters. The third-order valence-electron chi connectivity index (χ3n) is 4.82. The standard InChI is InChI=1S/C16H21N3O/c1-2-16(20)19-10-13-5-3-4-12(15(13)11-19)8-14-9-17-6-7-18-14/h2,6-7,9,12-13,15H,1,3-5,8,10-11H2/t12-,13-,15-/m1/s1. The summed E-state index contributed by atoms with van der Waals surface area (Å²) in [6, 6.07) is 0. The van der Waals surface area contributed by atoms with Crippen LogP contribution in [0.5, 0.6) is 0 Å². The summed E-state index contributed by atoms with van der Waals surface area (Å²) in [5, 5.41) is 0. The highest BCUT2D eigenvalue weighted by atomic mass is 16.2. The number of nitrogens with zero attached hydrogens (tertiary/aromatic N) is 3. The van der Waals surface area contributed by atoms with Crippen LogP contribution in [0, 0.1) is 17.8 Å². The van der Waals surface area contributed by atoms with Crippen molar-refractivity contribution in [2.45, 2.75) is 25.7 Å². The summed E-state index contributed by atoms with van der Waals surface area (Å²) in [4.78, 5) is 22.3. The lowest BCUT2D eigenvalue weighted by atomic mass is 9.72. The first-order valence-corrected chi connectivity index (χ1v) is 7.44. The van der Waals surface area contributed by atoms with Crippen molar-refractivity contribution >= 4 is 5.91 Å². The van der Waals surface area contributed by atoms with E-state index in [4.69, 9.17) is 0 Å². The fourth-order valence-electron chi connectivity index (χ4n) is 3.86. The van der Waals surface area contributed by atoms with Crippen LogP contribution in [0.15, 0.2) is 31.2 Å². The van der Waals surface area contributed by atoms with Gasteiger partial charge in [0.25, 0.3) is 0 Å². The summed E-state index contributed by atoms with van der Waals surface area (Å²) in [5.74, 6) is 2.00. The van der Waals surface area contributed by atoms with Gasteiger partial charge < -0.3 is 4.90 Å². The molecule has 2 heterocycles. The van der Waals surface area contributed by atoms with E-state index in [1.54, 1.807) is 12.4 Å². The van der Waals surface area contributed by atoms with Crippen molar-refractivity contribution in [2.75, 3.05) is 13.1 Å². The molecular formula is C16H21N3O. The monoisotopic (exact) mass is 271 g/mol. The molecule has 0 bridgehead atoms. The summed E-state index contributed by atoms with van der Waals surface area (Å²) < 4.78 is 0. The van der Waals surface area contributed by atoms with Gasteiger partial charge in [-0.3, -0.25) is 14.8 Å². The van der Waals surface area contributed by atoms with Crippen LogP contribution in [0.4, 0.5) is 0 Å². The average Bonchev–Trinajstić information content (AvgIpc) is 2.93. The molecule has 3 rings (SSSR count). The normalized spacial score (nSPS) is 29.0. The quantitative estimate of drug-likeness (QED) is 0.791. The molecule has 106 valence electrons. The molecule has 1 aliphatic carbocycles. The number of carbonyl (C=O) groups excluding carboxylic acids is 1. The van der Waals surface area contributed by atoms with Crippen molar-refractivity contribution in [3.05, 3.63) is 36.9 Å². The number of fused-ring (bicyclic) bond motifs is 1. The van der Waals surface area contributed by atoms with Crippen molar-refractivity contribution in [3.63, 3.8) is 0 Å². The fraction of sp³-hybridized carbons (Fsp3) is 0.562. The Morgan fingerprint density at radius 2 is 2.30 bits per heavy atom. The van der Waals surface area contributed by atoms with Crippen molar-refractivity contribution in [1.29, 1.82) is 0 Å². The van der Waals surface area contributed by atoms with Gasteiger partial charge >= 0.3 is 0 Å². The molecule has 1 saturated carbocycles. The minimum atomic E-state index is 0.0812. The van der Waals surface area contributed by atoms with Gasteiger partial charge in [-0.15, -0.1) is 0 Å². The molecular weight excluding hydrogens is 250 g/mol. The van der Waals surface area contributed by atoms with Gasteiger partial charge in [0.2, 0.25) is 5.91 Å². The number of amides is 1. The first kappa shape index (κ1) is 13.3. The Kier molecular flexibility index (Phi) is 3.81. The van der Waals surface area contributed by atoms with Crippen molar-refractivity contribution in [3.8, 4) is 0 Å². The van der Waals surface area contributed by atoms with E-state index in [0.717, 1.165) is 25.2 Å². The molecule has 4 heteroatoms. The van der Waals surface area contributed by atoms with Crippen LogP contribution in [-0.2, 0) is 11.2 Å². The van der Waals surface area contributed by atoms with Crippen LogP contribution in [-0.4, -0.2) is 33.9 Å². The summed E-state index contributed by atoms with van der Waals surface area (Å²) >= 11 is 0. The lowest BCUT2D eigenvalue weighted by Gasteiger charge is -2.32. The first-order valence-electron chi connectivity index (χ1n) is 7.44. The smallest absolute Gasteiger partial charge is 0.245 e. The van der Waals surface area contributed by atoms with Gasteiger partial charge in [-0.1, -0.05) is 13.0 Å².